The first-order valence-corrected chi connectivity index (χ1v) is 19.3. The van der Waals surface area contributed by atoms with Gasteiger partial charge in [-0.1, -0.05) is 57.2 Å². The molecule has 2 fully saturated rings. The lowest BCUT2D eigenvalue weighted by molar-refractivity contribution is -0.151. The van der Waals surface area contributed by atoms with Crippen LogP contribution in [0.5, 0.6) is 0 Å². The van der Waals surface area contributed by atoms with E-state index in [0.717, 1.165) is 28.9 Å². The van der Waals surface area contributed by atoms with E-state index in [2.05, 4.69) is 21.9 Å². The van der Waals surface area contributed by atoms with Gasteiger partial charge < -0.3 is 25.0 Å². The number of sulfonamides is 1. The lowest BCUT2D eigenvalue weighted by Crippen LogP contribution is -2.60. The normalized spacial score (nSPS) is 24.9. The number of aryl methyl sites for hydroxylation is 1. The number of carbonyl (C=O) groups is 5. The van der Waals surface area contributed by atoms with Crippen LogP contribution in [0, 0.1) is 11.3 Å². The van der Waals surface area contributed by atoms with Crippen LogP contribution in [0.1, 0.15) is 77.8 Å². The minimum absolute atomic E-state index is 0.0686. The number of nitrogens with one attached hydrogen (secondary N) is 3. The highest BCUT2D eigenvalue weighted by Crippen LogP contribution is 2.45. The molecule has 3 aliphatic rings. The van der Waals surface area contributed by atoms with Crippen molar-refractivity contribution >= 4 is 51.1 Å². The fraction of sp³-hybridized carbons (Fsp3) is 0.528. The van der Waals surface area contributed by atoms with Gasteiger partial charge in [0.1, 0.15) is 33.5 Å². The summed E-state index contributed by atoms with van der Waals surface area (Å²) in [5.41, 5.74) is -1.39. The Bertz CT molecular complexity index is 1810. The van der Waals surface area contributed by atoms with Gasteiger partial charge in [0.15, 0.2) is 0 Å². The molecule has 1 aromatic carbocycles. The average molecular weight is 743 g/mol. The van der Waals surface area contributed by atoms with Crippen molar-refractivity contribution < 1.29 is 41.9 Å². The molecule has 6 atom stereocenters. The van der Waals surface area contributed by atoms with Gasteiger partial charge >= 0.3 is 12.1 Å². The molecule has 15 heteroatoms. The molecular weight excluding hydrogens is 697 g/mol. The second kappa shape index (κ2) is 14.1. The van der Waals surface area contributed by atoms with Crippen LogP contribution >= 0.6 is 11.3 Å². The summed E-state index contributed by atoms with van der Waals surface area (Å²) in [5, 5.41) is 6.94. The highest BCUT2D eigenvalue weighted by atomic mass is 32.2. The SMILES string of the molecule is C=CC1C[C@]1(NC(=O)[C@@H]1C[C@@H](OC(=O)C2CCc3ccccc32)CN1C(=O)[C@@H](NC(=O)OC(C)(C)C)C(C)(C)C)C(=O)NS(=O)(=O)c1cccs1. The minimum atomic E-state index is -4.21. The number of alkyl carbamates (subject to hydrolysis) is 1. The van der Waals surface area contributed by atoms with Crippen LogP contribution < -0.4 is 15.4 Å². The number of amides is 4. The summed E-state index contributed by atoms with van der Waals surface area (Å²) in [4.78, 5) is 69.8. The van der Waals surface area contributed by atoms with Gasteiger partial charge in [0.25, 0.3) is 15.9 Å². The molecule has 13 nitrogen and oxygen atoms in total. The maximum Gasteiger partial charge on any atom is 0.408 e. The highest BCUT2D eigenvalue weighted by Gasteiger charge is 2.61. The molecule has 0 bridgehead atoms. The zero-order chi connectivity index (χ0) is 37.5. The van der Waals surface area contributed by atoms with Gasteiger partial charge in [-0.05, 0) is 68.0 Å². The molecule has 3 N–H and O–H groups in total. The Balaban J connectivity index is 1.40. The zero-order valence-corrected chi connectivity index (χ0v) is 31.3. The van der Waals surface area contributed by atoms with Gasteiger partial charge in [-0.3, -0.25) is 19.2 Å². The molecule has 1 aliphatic heterocycles. The van der Waals surface area contributed by atoms with Gasteiger partial charge in [0, 0.05) is 12.3 Å². The second-order valence-corrected chi connectivity index (χ2v) is 18.3. The summed E-state index contributed by atoms with van der Waals surface area (Å²) in [7, 11) is -4.21. The van der Waals surface area contributed by atoms with E-state index in [1.807, 2.05) is 24.3 Å². The molecule has 2 heterocycles. The predicted octanol–water partition coefficient (Wildman–Crippen LogP) is 3.80. The molecule has 1 aromatic heterocycles. The zero-order valence-electron chi connectivity index (χ0n) is 29.7. The number of likely N-dealkylation sites (tertiary alicyclic amines) is 1. The van der Waals surface area contributed by atoms with Crippen molar-refractivity contribution in [2.24, 2.45) is 11.3 Å². The van der Waals surface area contributed by atoms with Crippen molar-refractivity contribution in [3.05, 3.63) is 65.6 Å². The van der Waals surface area contributed by atoms with Crippen LogP contribution in [0.25, 0.3) is 0 Å². The molecule has 2 aromatic rings. The topological polar surface area (TPSA) is 177 Å². The molecule has 276 valence electrons. The lowest BCUT2D eigenvalue weighted by Gasteiger charge is -2.36. The summed E-state index contributed by atoms with van der Waals surface area (Å²) in [5.74, 6) is -3.85. The first kappa shape index (κ1) is 38.0. The molecule has 4 amide bonds. The van der Waals surface area contributed by atoms with E-state index >= 15 is 0 Å². The van der Waals surface area contributed by atoms with E-state index in [-0.39, 0.29) is 23.6 Å². The Morgan fingerprint density at radius 3 is 2.37 bits per heavy atom. The highest BCUT2D eigenvalue weighted by molar-refractivity contribution is 7.92. The first-order valence-electron chi connectivity index (χ1n) is 16.9. The van der Waals surface area contributed by atoms with E-state index in [9.17, 15) is 32.4 Å². The third kappa shape index (κ3) is 8.30. The van der Waals surface area contributed by atoms with Gasteiger partial charge in [-0.2, -0.15) is 0 Å². The molecular formula is C36H46N4O9S2. The number of benzene rings is 1. The number of fused-ring (bicyclic) bond motifs is 1. The number of esters is 1. The van der Waals surface area contributed by atoms with Crippen molar-refractivity contribution in [2.45, 2.75) is 107 Å². The summed E-state index contributed by atoms with van der Waals surface area (Å²) in [6.45, 7) is 13.9. The lowest BCUT2D eigenvalue weighted by atomic mass is 9.85. The number of ether oxygens (including phenoxy) is 2. The van der Waals surface area contributed by atoms with Crippen LogP contribution in [-0.4, -0.2) is 79.0 Å². The monoisotopic (exact) mass is 742 g/mol. The smallest absolute Gasteiger partial charge is 0.408 e. The van der Waals surface area contributed by atoms with Crippen molar-refractivity contribution in [3.8, 4) is 0 Å². The number of hydrogen-bond acceptors (Lipinski definition) is 10. The van der Waals surface area contributed by atoms with Crippen molar-refractivity contribution in [1.29, 1.82) is 0 Å². The molecule has 2 unspecified atom stereocenters. The fourth-order valence-electron chi connectivity index (χ4n) is 6.68. The Morgan fingerprint density at radius 1 is 1.06 bits per heavy atom. The Morgan fingerprint density at radius 2 is 1.76 bits per heavy atom. The maximum atomic E-state index is 14.4. The number of nitrogens with zero attached hydrogens (tertiary/aromatic N) is 1. The van der Waals surface area contributed by atoms with Gasteiger partial charge in [-0.25, -0.2) is 17.9 Å². The number of thiophene rings is 1. The van der Waals surface area contributed by atoms with Crippen LogP contribution in [0.3, 0.4) is 0 Å². The third-order valence-corrected chi connectivity index (χ3v) is 12.1. The van der Waals surface area contributed by atoms with Crippen molar-refractivity contribution in [1.82, 2.24) is 20.3 Å². The largest absolute Gasteiger partial charge is 0.460 e. The number of hydrogen-bond donors (Lipinski definition) is 3. The van der Waals surface area contributed by atoms with Crippen molar-refractivity contribution in [3.63, 3.8) is 0 Å². The second-order valence-electron chi connectivity index (χ2n) is 15.4. The molecule has 1 saturated heterocycles. The average Bonchev–Trinajstić information content (AvgIpc) is 3.47. The Hall–Kier alpha value is -4.24. The Kier molecular flexibility index (Phi) is 10.5. The van der Waals surface area contributed by atoms with Crippen molar-refractivity contribution in [2.75, 3.05) is 6.54 Å². The third-order valence-electron chi connectivity index (χ3n) is 9.36. The summed E-state index contributed by atoms with van der Waals surface area (Å²) < 4.78 is 39.3. The minimum Gasteiger partial charge on any atom is -0.460 e. The molecule has 5 rings (SSSR count). The Labute approximate surface area is 302 Å². The van der Waals surface area contributed by atoms with Crippen LogP contribution in [0.2, 0.25) is 0 Å². The molecule has 2 aliphatic carbocycles. The summed E-state index contributed by atoms with van der Waals surface area (Å²) >= 11 is 0.934. The molecule has 51 heavy (non-hydrogen) atoms. The molecule has 0 radical (unpaired) electrons. The number of rotatable bonds is 10. The van der Waals surface area contributed by atoms with Crippen LogP contribution in [0.15, 0.2) is 58.6 Å². The predicted molar refractivity (Wildman–Crippen MR) is 189 cm³/mol. The fourth-order valence-corrected chi connectivity index (χ4v) is 8.71. The molecule has 1 saturated carbocycles. The van der Waals surface area contributed by atoms with E-state index in [1.165, 1.54) is 23.1 Å². The standard InChI is InChI=1S/C36H46N4O9S2/c1-8-22-19-36(22,32(44)39-51(46,47)27-14-11-17-50-27)38-29(41)26-18-23(48-31(43)25-16-15-21-12-9-10-13-24(21)25)20-40(26)30(42)28(34(2,3)4)37-33(45)49-35(5,6)7/h8-14,17,22-23,25-26,28H,1,15-16,18-20H2,2-7H3,(H,37,45)(H,38,41)(H,39,44)/t22?,23-,25?,26+,28-,36-/m1/s1. The van der Waals surface area contributed by atoms with Gasteiger partial charge in [-0.15, -0.1) is 17.9 Å². The number of carbonyl (C=O) groups excluding carboxylic acids is 5. The van der Waals surface area contributed by atoms with E-state index in [1.54, 1.807) is 46.9 Å². The summed E-state index contributed by atoms with van der Waals surface area (Å²) in [6, 6.07) is 8.12. The van der Waals surface area contributed by atoms with Gasteiger partial charge in [0.2, 0.25) is 11.8 Å². The quantitative estimate of drug-likeness (QED) is 0.242. The van der Waals surface area contributed by atoms with Crippen LogP contribution in [-0.2, 0) is 45.1 Å². The summed E-state index contributed by atoms with van der Waals surface area (Å²) in [6.07, 6.45) is 1.03. The first-order chi connectivity index (χ1) is 23.8. The van der Waals surface area contributed by atoms with Crippen LogP contribution in [0.4, 0.5) is 4.79 Å². The molecule has 0 spiro atoms. The van der Waals surface area contributed by atoms with E-state index in [4.69, 9.17) is 9.47 Å². The maximum absolute atomic E-state index is 14.4. The van der Waals surface area contributed by atoms with E-state index < -0.39 is 86.4 Å². The van der Waals surface area contributed by atoms with Gasteiger partial charge in [0.05, 0.1) is 12.5 Å². The van der Waals surface area contributed by atoms with E-state index in [0.29, 0.717) is 6.42 Å².